The largest absolute Gasteiger partial charge is 0.480 e. The SMILES string of the molecule is CSCCC(NC(=O)C(Cc1c[nH]c2ccccc12)NC(=O)C(N)Cc1ccccc1)C(=O)NC(CC(C)C)C(=O)O. The fraction of sp³-hybridized carbons (Fsp3) is 0.419. The second-order valence-corrected chi connectivity index (χ2v) is 11.8. The first-order chi connectivity index (χ1) is 20.1. The molecule has 3 amide bonds. The van der Waals surface area contributed by atoms with Crippen LogP contribution >= 0.6 is 11.8 Å². The number of para-hydroxylation sites is 1. The van der Waals surface area contributed by atoms with Crippen molar-refractivity contribution in [2.24, 2.45) is 11.7 Å². The van der Waals surface area contributed by atoms with Crippen LogP contribution in [0.15, 0.2) is 60.8 Å². The molecule has 0 aliphatic rings. The van der Waals surface area contributed by atoms with Crippen LogP contribution in [-0.4, -0.2) is 70.0 Å². The molecule has 0 bridgehead atoms. The van der Waals surface area contributed by atoms with E-state index < -0.39 is 47.9 Å². The molecule has 3 aromatic rings. The van der Waals surface area contributed by atoms with Gasteiger partial charge in [0.2, 0.25) is 17.7 Å². The van der Waals surface area contributed by atoms with Gasteiger partial charge in [0.1, 0.15) is 18.1 Å². The lowest BCUT2D eigenvalue weighted by Crippen LogP contribution is -2.58. The number of H-pyrrole nitrogens is 1. The van der Waals surface area contributed by atoms with Gasteiger partial charge < -0.3 is 31.8 Å². The standard InChI is InChI=1S/C31H41N5O5S/c1-19(2)15-27(31(40)41)36-29(38)25(13-14-42-3)34-30(39)26(17-21-18-33-24-12-8-7-11-22(21)24)35-28(37)23(32)16-20-9-5-4-6-10-20/h4-12,18-19,23,25-27,33H,13-17,32H2,1-3H3,(H,34,39)(H,35,37)(H,36,38)(H,40,41). The van der Waals surface area contributed by atoms with Gasteiger partial charge in [0.05, 0.1) is 6.04 Å². The van der Waals surface area contributed by atoms with Crippen molar-refractivity contribution in [1.82, 2.24) is 20.9 Å². The van der Waals surface area contributed by atoms with E-state index in [9.17, 15) is 24.3 Å². The summed E-state index contributed by atoms with van der Waals surface area (Å²) in [7, 11) is 0. The van der Waals surface area contributed by atoms with Crippen LogP contribution in [0.4, 0.5) is 0 Å². The fourth-order valence-corrected chi connectivity index (χ4v) is 5.18. The number of benzene rings is 2. The third kappa shape index (κ3) is 9.63. The Bertz CT molecular complexity index is 1350. The Morgan fingerprint density at radius 3 is 2.14 bits per heavy atom. The third-order valence-corrected chi connectivity index (χ3v) is 7.58. The average Bonchev–Trinajstić information content (AvgIpc) is 3.37. The number of hydrogen-bond acceptors (Lipinski definition) is 6. The van der Waals surface area contributed by atoms with Gasteiger partial charge in [-0.15, -0.1) is 0 Å². The van der Waals surface area contributed by atoms with E-state index in [4.69, 9.17) is 5.73 Å². The van der Waals surface area contributed by atoms with Crippen LogP contribution in [0.2, 0.25) is 0 Å². The molecular formula is C31H41N5O5S. The molecule has 42 heavy (non-hydrogen) atoms. The molecule has 1 heterocycles. The van der Waals surface area contributed by atoms with Crippen molar-refractivity contribution < 1.29 is 24.3 Å². The number of nitrogens with two attached hydrogens (primary N) is 1. The predicted molar refractivity (Wildman–Crippen MR) is 166 cm³/mol. The van der Waals surface area contributed by atoms with Crippen molar-refractivity contribution in [2.75, 3.05) is 12.0 Å². The first-order valence-electron chi connectivity index (χ1n) is 14.1. The Balaban J connectivity index is 1.82. The van der Waals surface area contributed by atoms with Crippen molar-refractivity contribution in [2.45, 2.75) is 63.7 Å². The molecule has 0 aliphatic carbocycles. The summed E-state index contributed by atoms with van der Waals surface area (Å²) < 4.78 is 0. The number of amides is 3. The van der Waals surface area contributed by atoms with Crippen molar-refractivity contribution in [1.29, 1.82) is 0 Å². The minimum absolute atomic E-state index is 0.0431. The highest BCUT2D eigenvalue weighted by Gasteiger charge is 2.31. The number of aromatic amines is 1. The third-order valence-electron chi connectivity index (χ3n) is 6.93. The Morgan fingerprint density at radius 2 is 1.48 bits per heavy atom. The number of aliphatic carboxylic acids is 1. The molecule has 0 aliphatic heterocycles. The lowest BCUT2D eigenvalue weighted by molar-refractivity contribution is -0.142. The molecule has 0 spiro atoms. The first-order valence-corrected chi connectivity index (χ1v) is 15.5. The van der Waals surface area contributed by atoms with E-state index in [-0.39, 0.29) is 25.2 Å². The van der Waals surface area contributed by atoms with E-state index in [2.05, 4.69) is 20.9 Å². The topological polar surface area (TPSA) is 166 Å². The smallest absolute Gasteiger partial charge is 0.326 e. The number of carbonyl (C=O) groups excluding carboxylic acids is 3. The van der Waals surface area contributed by atoms with Crippen LogP contribution < -0.4 is 21.7 Å². The molecule has 11 heteroatoms. The minimum Gasteiger partial charge on any atom is -0.480 e. The van der Waals surface area contributed by atoms with Gasteiger partial charge in [-0.3, -0.25) is 14.4 Å². The summed E-state index contributed by atoms with van der Waals surface area (Å²) in [4.78, 5) is 55.1. The quantitative estimate of drug-likeness (QED) is 0.148. The van der Waals surface area contributed by atoms with E-state index in [1.165, 1.54) is 11.8 Å². The van der Waals surface area contributed by atoms with E-state index in [1.807, 2.05) is 74.7 Å². The Morgan fingerprint density at radius 1 is 0.857 bits per heavy atom. The summed E-state index contributed by atoms with van der Waals surface area (Å²) in [6.07, 6.45) is 4.66. The van der Waals surface area contributed by atoms with Gasteiger partial charge in [0, 0.05) is 23.5 Å². The summed E-state index contributed by atoms with van der Waals surface area (Å²) in [6, 6.07) is 13.0. The van der Waals surface area contributed by atoms with Crippen LogP contribution in [0.3, 0.4) is 0 Å². The van der Waals surface area contributed by atoms with E-state index in [0.29, 0.717) is 12.2 Å². The highest BCUT2D eigenvalue weighted by Crippen LogP contribution is 2.19. The number of nitrogens with one attached hydrogen (secondary N) is 4. The van der Waals surface area contributed by atoms with Crippen molar-refractivity contribution in [3.8, 4) is 0 Å². The molecule has 0 radical (unpaired) electrons. The second kappa shape index (κ2) is 16.0. The summed E-state index contributed by atoms with van der Waals surface area (Å²) in [5, 5.41) is 18.7. The maximum atomic E-state index is 13.7. The zero-order chi connectivity index (χ0) is 30.6. The van der Waals surface area contributed by atoms with Crippen molar-refractivity contribution in [3.63, 3.8) is 0 Å². The molecular weight excluding hydrogens is 554 g/mol. The maximum Gasteiger partial charge on any atom is 0.326 e. The van der Waals surface area contributed by atoms with E-state index in [1.54, 1.807) is 6.20 Å². The highest BCUT2D eigenvalue weighted by atomic mass is 32.2. The van der Waals surface area contributed by atoms with Crippen molar-refractivity contribution >= 4 is 46.4 Å². The molecule has 226 valence electrons. The number of aromatic nitrogens is 1. The Hall–Kier alpha value is -3.83. The lowest BCUT2D eigenvalue weighted by Gasteiger charge is -2.25. The molecule has 0 fully saturated rings. The van der Waals surface area contributed by atoms with Gasteiger partial charge in [-0.05, 0) is 54.4 Å². The van der Waals surface area contributed by atoms with Crippen LogP contribution in [0.25, 0.3) is 10.9 Å². The van der Waals surface area contributed by atoms with E-state index >= 15 is 0 Å². The zero-order valence-electron chi connectivity index (χ0n) is 24.3. The summed E-state index contributed by atoms with van der Waals surface area (Å²) in [5.74, 6) is -2.17. The number of fused-ring (bicyclic) bond motifs is 1. The van der Waals surface area contributed by atoms with Crippen molar-refractivity contribution in [3.05, 3.63) is 71.9 Å². The molecule has 7 N–H and O–H groups in total. The number of rotatable bonds is 16. The summed E-state index contributed by atoms with van der Waals surface area (Å²) in [5.41, 5.74) is 8.82. The minimum atomic E-state index is -1.14. The number of carboxylic acid groups (broad SMARTS) is 1. The molecule has 4 unspecified atom stereocenters. The van der Waals surface area contributed by atoms with Gasteiger partial charge in [0.25, 0.3) is 0 Å². The molecule has 4 atom stereocenters. The maximum absolute atomic E-state index is 13.7. The number of carbonyl (C=O) groups is 4. The number of thioether (sulfide) groups is 1. The van der Waals surface area contributed by atoms with Gasteiger partial charge >= 0.3 is 5.97 Å². The summed E-state index contributed by atoms with van der Waals surface area (Å²) >= 11 is 1.50. The number of carboxylic acids is 1. The monoisotopic (exact) mass is 595 g/mol. The Kier molecular flexibility index (Phi) is 12.4. The highest BCUT2D eigenvalue weighted by molar-refractivity contribution is 7.98. The van der Waals surface area contributed by atoms with Gasteiger partial charge in [-0.25, -0.2) is 4.79 Å². The van der Waals surface area contributed by atoms with Gasteiger partial charge in [-0.2, -0.15) is 11.8 Å². The first kappa shape index (κ1) is 32.7. The van der Waals surface area contributed by atoms with Crippen LogP contribution in [-0.2, 0) is 32.0 Å². The zero-order valence-corrected chi connectivity index (χ0v) is 25.1. The van der Waals surface area contributed by atoms with Crippen LogP contribution in [0.5, 0.6) is 0 Å². The van der Waals surface area contributed by atoms with Gasteiger partial charge in [0.15, 0.2) is 0 Å². The van der Waals surface area contributed by atoms with Crippen LogP contribution in [0.1, 0.15) is 37.8 Å². The van der Waals surface area contributed by atoms with E-state index in [0.717, 1.165) is 22.0 Å². The second-order valence-electron chi connectivity index (χ2n) is 10.8. The average molecular weight is 596 g/mol. The molecule has 0 saturated heterocycles. The summed E-state index contributed by atoms with van der Waals surface area (Å²) in [6.45, 7) is 3.74. The van der Waals surface area contributed by atoms with Gasteiger partial charge in [-0.1, -0.05) is 62.4 Å². The molecule has 10 nitrogen and oxygen atoms in total. The number of hydrogen-bond donors (Lipinski definition) is 6. The fourth-order valence-electron chi connectivity index (χ4n) is 4.71. The molecule has 1 aromatic heterocycles. The van der Waals surface area contributed by atoms with Crippen LogP contribution in [0, 0.1) is 5.92 Å². The lowest BCUT2D eigenvalue weighted by atomic mass is 10.0. The molecule has 3 rings (SSSR count). The predicted octanol–water partition coefficient (Wildman–Crippen LogP) is 2.62. The molecule has 0 saturated carbocycles. The Labute approximate surface area is 250 Å². The normalized spacial score (nSPS) is 14.1. The molecule has 2 aromatic carbocycles.